The summed E-state index contributed by atoms with van der Waals surface area (Å²) in [6.07, 6.45) is 2.98. The van der Waals surface area contributed by atoms with Crippen molar-refractivity contribution < 1.29 is 9.90 Å². The normalized spacial score (nSPS) is 11.0. The second-order valence-electron chi connectivity index (χ2n) is 3.53. The van der Waals surface area contributed by atoms with Crippen LogP contribution in [-0.4, -0.2) is 11.0 Å². The third-order valence-corrected chi connectivity index (χ3v) is 2.29. The summed E-state index contributed by atoms with van der Waals surface area (Å²) >= 11 is 0. The van der Waals surface area contributed by atoms with Gasteiger partial charge in [0.1, 0.15) is 5.75 Å². The lowest BCUT2D eigenvalue weighted by atomic mass is 10.1. The van der Waals surface area contributed by atoms with Crippen molar-refractivity contribution in [2.45, 2.75) is 0 Å². The Morgan fingerprint density at radius 3 is 2.56 bits per heavy atom. The van der Waals surface area contributed by atoms with E-state index < -0.39 is 5.91 Å². The molecule has 3 N–H and O–H groups in total. The fourth-order valence-corrected chi connectivity index (χ4v) is 1.53. The number of hydrogen-bond donors (Lipinski definition) is 2. The number of benzene rings is 2. The summed E-state index contributed by atoms with van der Waals surface area (Å²) in [5.74, 6) is -0.223. The number of nitrogens with two attached hydrogens (primary N) is 1. The Hall–Kier alpha value is -2.29. The van der Waals surface area contributed by atoms with Crippen molar-refractivity contribution in [2.75, 3.05) is 0 Å². The summed E-state index contributed by atoms with van der Waals surface area (Å²) < 4.78 is 0. The van der Waals surface area contributed by atoms with Gasteiger partial charge in [0.25, 0.3) is 0 Å². The Labute approximate surface area is 92.8 Å². The molecule has 0 aliphatic heterocycles. The molecule has 3 heteroatoms. The van der Waals surface area contributed by atoms with Crippen molar-refractivity contribution in [3.8, 4) is 5.75 Å². The molecule has 80 valence electrons. The standard InChI is InChI=1S/C13H11NO2/c14-13(16)6-2-9-1-3-11-8-12(15)5-4-10(11)7-9/h1-8,15H,(H2,14,16). The lowest BCUT2D eigenvalue weighted by Gasteiger charge is -2.00. The predicted octanol–water partition coefficient (Wildman–Crippen LogP) is 2.04. The Morgan fingerprint density at radius 2 is 1.81 bits per heavy atom. The number of primary amides is 1. The molecule has 0 atom stereocenters. The molecule has 0 bridgehead atoms. The van der Waals surface area contributed by atoms with E-state index in [1.165, 1.54) is 6.08 Å². The van der Waals surface area contributed by atoms with E-state index in [-0.39, 0.29) is 5.75 Å². The van der Waals surface area contributed by atoms with Crippen LogP contribution in [0, 0.1) is 0 Å². The lowest BCUT2D eigenvalue weighted by Crippen LogP contribution is -2.04. The van der Waals surface area contributed by atoms with Crippen molar-refractivity contribution >= 4 is 22.8 Å². The van der Waals surface area contributed by atoms with Gasteiger partial charge >= 0.3 is 0 Å². The zero-order valence-electron chi connectivity index (χ0n) is 8.55. The number of rotatable bonds is 2. The number of hydrogen-bond acceptors (Lipinski definition) is 2. The molecule has 0 aliphatic rings. The van der Waals surface area contributed by atoms with Crippen molar-refractivity contribution in [2.24, 2.45) is 5.73 Å². The van der Waals surface area contributed by atoms with Gasteiger partial charge in [-0.05, 0) is 40.6 Å². The number of phenols is 1. The zero-order chi connectivity index (χ0) is 11.5. The molecule has 0 aromatic heterocycles. The monoisotopic (exact) mass is 213 g/mol. The van der Waals surface area contributed by atoms with Crippen LogP contribution >= 0.6 is 0 Å². The molecule has 0 aliphatic carbocycles. The van der Waals surface area contributed by atoms with Gasteiger partial charge in [-0.3, -0.25) is 4.79 Å². The molecule has 0 unspecified atom stereocenters. The van der Waals surface area contributed by atoms with Gasteiger partial charge in [-0.25, -0.2) is 0 Å². The number of amides is 1. The number of phenolic OH excluding ortho intramolecular Hbond substituents is 1. The number of carbonyl (C=O) groups is 1. The van der Waals surface area contributed by atoms with Crippen LogP contribution in [0.5, 0.6) is 5.75 Å². The average molecular weight is 213 g/mol. The van der Waals surface area contributed by atoms with Crippen LogP contribution in [0.25, 0.3) is 16.8 Å². The van der Waals surface area contributed by atoms with E-state index in [4.69, 9.17) is 5.73 Å². The molecule has 16 heavy (non-hydrogen) atoms. The van der Waals surface area contributed by atoms with E-state index in [2.05, 4.69) is 0 Å². The minimum Gasteiger partial charge on any atom is -0.508 e. The molecule has 0 fully saturated rings. The van der Waals surface area contributed by atoms with E-state index >= 15 is 0 Å². The van der Waals surface area contributed by atoms with Crippen LogP contribution in [0.2, 0.25) is 0 Å². The predicted molar refractivity (Wildman–Crippen MR) is 63.8 cm³/mol. The van der Waals surface area contributed by atoms with Crippen molar-refractivity contribution in [1.29, 1.82) is 0 Å². The molecular formula is C13H11NO2. The summed E-state index contributed by atoms with van der Waals surface area (Å²) in [6, 6.07) is 10.8. The molecule has 0 radical (unpaired) electrons. The van der Waals surface area contributed by atoms with E-state index in [1.807, 2.05) is 24.3 Å². The fourth-order valence-electron chi connectivity index (χ4n) is 1.53. The van der Waals surface area contributed by atoms with Crippen molar-refractivity contribution in [3.63, 3.8) is 0 Å². The molecule has 2 aromatic carbocycles. The van der Waals surface area contributed by atoms with Crippen LogP contribution < -0.4 is 5.73 Å². The Balaban J connectivity index is 2.44. The van der Waals surface area contributed by atoms with Crippen LogP contribution in [-0.2, 0) is 4.79 Å². The molecule has 2 rings (SSSR count). The summed E-state index contributed by atoms with van der Waals surface area (Å²) in [5, 5.41) is 11.3. The number of carbonyl (C=O) groups excluding carboxylic acids is 1. The van der Waals surface area contributed by atoms with Gasteiger partial charge in [0.15, 0.2) is 0 Å². The second-order valence-corrected chi connectivity index (χ2v) is 3.53. The topological polar surface area (TPSA) is 63.3 Å². The second kappa shape index (κ2) is 4.06. The minimum absolute atomic E-state index is 0.243. The maximum atomic E-state index is 10.6. The summed E-state index contributed by atoms with van der Waals surface area (Å²) in [5.41, 5.74) is 5.91. The molecule has 0 saturated heterocycles. The van der Waals surface area contributed by atoms with Crippen LogP contribution in [0.15, 0.2) is 42.5 Å². The van der Waals surface area contributed by atoms with E-state index in [9.17, 15) is 9.90 Å². The SMILES string of the molecule is NC(=O)C=Cc1ccc2cc(O)ccc2c1. The average Bonchev–Trinajstić information content (AvgIpc) is 2.26. The van der Waals surface area contributed by atoms with Crippen molar-refractivity contribution in [3.05, 3.63) is 48.0 Å². The summed E-state index contributed by atoms with van der Waals surface area (Å²) in [4.78, 5) is 10.6. The quantitative estimate of drug-likeness (QED) is 0.750. The van der Waals surface area contributed by atoms with Gasteiger partial charge in [-0.2, -0.15) is 0 Å². The minimum atomic E-state index is -0.467. The highest BCUT2D eigenvalue weighted by molar-refractivity contribution is 5.92. The van der Waals surface area contributed by atoms with Gasteiger partial charge in [0.2, 0.25) is 5.91 Å². The largest absolute Gasteiger partial charge is 0.508 e. The van der Waals surface area contributed by atoms with Gasteiger partial charge < -0.3 is 10.8 Å². The van der Waals surface area contributed by atoms with Gasteiger partial charge in [0, 0.05) is 6.08 Å². The van der Waals surface area contributed by atoms with Crippen LogP contribution in [0.1, 0.15) is 5.56 Å². The van der Waals surface area contributed by atoms with Gasteiger partial charge in [0.05, 0.1) is 0 Å². The Morgan fingerprint density at radius 1 is 1.12 bits per heavy atom. The first kappa shape index (κ1) is 10.2. The maximum absolute atomic E-state index is 10.6. The smallest absolute Gasteiger partial charge is 0.241 e. The highest BCUT2D eigenvalue weighted by Crippen LogP contribution is 2.21. The van der Waals surface area contributed by atoms with Gasteiger partial charge in [-0.1, -0.05) is 18.2 Å². The first-order valence-corrected chi connectivity index (χ1v) is 4.85. The Kier molecular flexibility index (Phi) is 2.60. The molecule has 0 saturated carbocycles. The molecule has 2 aromatic rings. The summed E-state index contributed by atoms with van der Waals surface area (Å²) in [7, 11) is 0. The van der Waals surface area contributed by atoms with Crippen LogP contribution in [0.4, 0.5) is 0 Å². The van der Waals surface area contributed by atoms with Crippen molar-refractivity contribution in [1.82, 2.24) is 0 Å². The first-order chi connectivity index (χ1) is 7.65. The fraction of sp³-hybridized carbons (Fsp3) is 0. The van der Waals surface area contributed by atoms with E-state index in [1.54, 1.807) is 18.2 Å². The summed E-state index contributed by atoms with van der Waals surface area (Å²) in [6.45, 7) is 0. The molecule has 1 amide bonds. The number of aromatic hydroxyl groups is 1. The third-order valence-electron chi connectivity index (χ3n) is 2.29. The highest BCUT2D eigenvalue weighted by Gasteiger charge is 1.96. The van der Waals surface area contributed by atoms with Gasteiger partial charge in [-0.15, -0.1) is 0 Å². The molecule has 0 spiro atoms. The first-order valence-electron chi connectivity index (χ1n) is 4.85. The number of fused-ring (bicyclic) bond motifs is 1. The third kappa shape index (κ3) is 2.20. The highest BCUT2D eigenvalue weighted by atomic mass is 16.3. The van der Waals surface area contributed by atoms with E-state index in [0.717, 1.165) is 16.3 Å². The van der Waals surface area contributed by atoms with Crippen LogP contribution in [0.3, 0.4) is 0 Å². The van der Waals surface area contributed by atoms with E-state index in [0.29, 0.717) is 0 Å². The molecule has 0 heterocycles. The lowest BCUT2D eigenvalue weighted by molar-refractivity contribution is -0.113. The zero-order valence-corrected chi connectivity index (χ0v) is 8.55. The molecular weight excluding hydrogens is 202 g/mol. The maximum Gasteiger partial charge on any atom is 0.241 e. The molecule has 3 nitrogen and oxygen atoms in total. The Bertz CT molecular complexity index is 573.